The van der Waals surface area contributed by atoms with Crippen LogP contribution in [0.1, 0.15) is 15.9 Å². The summed E-state index contributed by atoms with van der Waals surface area (Å²) in [5.74, 6) is -0.211. The van der Waals surface area contributed by atoms with Crippen molar-refractivity contribution in [2.75, 3.05) is 12.4 Å². The van der Waals surface area contributed by atoms with Gasteiger partial charge in [0.05, 0.1) is 17.7 Å². The molecule has 0 atom stereocenters. The Morgan fingerprint density at radius 1 is 1.08 bits per heavy atom. The molecule has 0 spiro atoms. The molecule has 3 N–H and O–H groups in total. The summed E-state index contributed by atoms with van der Waals surface area (Å²) in [5.41, 5.74) is 3.34. The lowest BCUT2D eigenvalue weighted by Gasteiger charge is -2.09. The SMILES string of the molecule is COCc1cc(=O)[nH]c2cc(NC(=O)c3c[nH]c4ccccc34)ccc12. The molecule has 0 fully saturated rings. The maximum atomic E-state index is 12.6. The predicted octanol–water partition coefficient (Wildman–Crippen LogP) is 3.41. The summed E-state index contributed by atoms with van der Waals surface area (Å²) in [6, 6.07) is 14.6. The molecule has 6 heteroatoms. The first kappa shape index (κ1) is 16.1. The molecule has 0 unspecified atom stereocenters. The van der Waals surface area contributed by atoms with Crippen LogP contribution in [-0.2, 0) is 11.3 Å². The maximum Gasteiger partial charge on any atom is 0.257 e. The van der Waals surface area contributed by atoms with Gasteiger partial charge in [0, 0.05) is 41.3 Å². The quantitative estimate of drug-likeness (QED) is 0.529. The van der Waals surface area contributed by atoms with E-state index in [4.69, 9.17) is 4.74 Å². The van der Waals surface area contributed by atoms with Gasteiger partial charge in [0.1, 0.15) is 0 Å². The molecule has 0 saturated carbocycles. The van der Waals surface area contributed by atoms with E-state index in [9.17, 15) is 9.59 Å². The van der Waals surface area contributed by atoms with Gasteiger partial charge in [-0.2, -0.15) is 0 Å². The van der Waals surface area contributed by atoms with Gasteiger partial charge in [-0.15, -0.1) is 0 Å². The van der Waals surface area contributed by atoms with Gasteiger partial charge in [0.15, 0.2) is 0 Å². The van der Waals surface area contributed by atoms with Crippen molar-refractivity contribution in [1.29, 1.82) is 0 Å². The van der Waals surface area contributed by atoms with E-state index in [1.54, 1.807) is 19.4 Å². The van der Waals surface area contributed by atoms with Crippen molar-refractivity contribution in [2.45, 2.75) is 6.61 Å². The number of methoxy groups -OCH3 is 1. The lowest BCUT2D eigenvalue weighted by molar-refractivity contribution is 0.102. The van der Waals surface area contributed by atoms with Gasteiger partial charge in [0.2, 0.25) is 5.56 Å². The van der Waals surface area contributed by atoms with Gasteiger partial charge in [-0.05, 0) is 23.8 Å². The van der Waals surface area contributed by atoms with Crippen LogP contribution in [-0.4, -0.2) is 23.0 Å². The molecule has 1 amide bonds. The van der Waals surface area contributed by atoms with Crippen molar-refractivity contribution >= 4 is 33.4 Å². The van der Waals surface area contributed by atoms with Crippen molar-refractivity contribution in [2.24, 2.45) is 0 Å². The van der Waals surface area contributed by atoms with Crippen LogP contribution in [0, 0.1) is 0 Å². The van der Waals surface area contributed by atoms with Crippen LogP contribution < -0.4 is 10.9 Å². The van der Waals surface area contributed by atoms with Gasteiger partial charge in [-0.25, -0.2) is 0 Å². The molecule has 4 aromatic rings. The monoisotopic (exact) mass is 347 g/mol. The van der Waals surface area contributed by atoms with Crippen LogP contribution in [0.15, 0.2) is 59.5 Å². The normalized spacial score (nSPS) is 11.1. The maximum absolute atomic E-state index is 12.6. The molecule has 0 bridgehead atoms. The molecule has 2 heterocycles. The standard InChI is InChI=1S/C20H17N3O3/c1-26-11-12-8-19(24)23-18-9-13(6-7-14(12)18)22-20(25)16-10-21-17-5-3-2-4-15(16)17/h2-10,21H,11H2,1H3,(H,22,25)(H,23,24). The Morgan fingerprint density at radius 2 is 1.92 bits per heavy atom. The summed E-state index contributed by atoms with van der Waals surface area (Å²) in [6.07, 6.45) is 1.69. The second-order valence-electron chi connectivity index (χ2n) is 6.05. The van der Waals surface area contributed by atoms with E-state index in [-0.39, 0.29) is 11.5 Å². The van der Waals surface area contributed by atoms with E-state index in [2.05, 4.69) is 15.3 Å². The Hall–Kier alpha value is -3.38. The number of ether oxygens (including phenoxy) is 1. The number of aromatic nitrogens is 2. The molecule has 4 rings (SSSR count). The van der Waals surface area contributed by atoms with Gasteiger partial charge in [0.25, 0.3) is 5.91 Å². The Morgan fingerprint density at radius 3 is 2.77 bits per heavy atom. The zero-order valence-electron chi connectivity index (χ0n) is 14.1. The summed E-state index contributed by atoms with van der Waals surface area (Å²) < 4.78 is 5.15. The predicted molar refractivity (Wildman–Crippen MR) is 102 cm³/mol. The van der Waals surface area contributed by atoms with E-state index in [0.29, 0.717) is 23.4 Å². The molecule has 2 aromatic carbocycles. The Kier molecular flexibility index (Phi) is 4.02. The number of amides is 1. The van der Waals surface area contributed by atoms with E-state index < -0.39 is 0 Å². The molecule has 6 nitrogen and oxygen atoms in total. The number of fused-ring (bicyclic) bond motifs is 2. The second kappa shape index (κ2) is 6.50. The van der Waals surface area contributed by atoms with Crippen LogP contribution >= 0.6 is 0 Å². The number of carbonyl (C=O) groups is 1. The number of nitrogens with one attached hydrogen (secondary N) is 3. The van der Waals surface area contributed by atoms with Crippen LogP contribution in [0.2, 0.25) is 0 Å². The molecule has 0 aliphatic rings. The van der Waals surface area contributed by atoms with E-state index >= 15 is 0 Å². The van der Waals surface area contributed by atoms with Gasteiger partial charge in [-0.3, -0.25) is 9.59 Å². The minimum atomic E-state index is -0.211. The fraction of sp³-hybridized carbons (Fsp3) is 0.100. The van der Waals surface area contributed by atoms with Crippen LogP contribution in [0.25, 0.3) is 21.8 Å². The largest absolute Gasteiger partial charge is 0.380 e. The average molecular weight is 347 g/mol. The van der Waals surface area contributed by atoms with E-state index in [1.165, 1.54) is 6.07 Å². The van der Waals surface area contributed by atoms with Gasteiger partial charge < -0.3 is 20.0 Å². The minimum absolute atomic E-state index is 0.204. The first-order valence-corrected chi connectivity index (χ1v) is 8.18. The molecule has 0 aliphatic carbocycles. The topological polar surface area (TPSA) is 87.0 Å². The summed E-state index contributed by atoms with van der Waals surface area (Å²) in [6.45, 7) is 0.349. The summed E-state index contributed by atoms with van der Waals surface area (Å²) in [5, 5.41) is 4.64. The highest BCUT2D eigenvalue weighted by Crippen LogP contribution is 2.22. The molecule has 130 valence electrons. The third-order valence-electron chi connectivity index (χ3n) is 4.32. The Labute approximate surface area is 148 Å². The highest BCUT2D eigenvalue weighted by molar-refractivity contribution is 6.13. The fourth-order valence-electron chi connectivity index (χ4n) is 3.14. The number of para-hydroxylation sites is 1. The summed E-state index contributed by atoms with van der Waals surface area (Å²) >= 11 is 0. The van der Waals surface area contributed by atoms with Crippen molar-refractivity contribution in [3.8, 4) is 0 Å². The lowest BCUT2D eigenvalue weighted by Crippen LogP contribution is -2.12. The smallest absolute Gasteiger partial charge is 0.257 e. The fourth-order valence-corrected chi connectivity index (χ4v) is 3.14. The number of hydrogen-bond donors (Lipinski definition) is 3. The molecule has 0 saturated heterocycles. The van der Waals surface area contributed by atoms with Crippen molar-refractivity contribution in [1.82, 2.24) is 9.97 Å². The minimum Gasteiger partial charge on any atom is -0.380 e. The Bertz CT molecular complexity index is 1170. The van der Waals surface area contributed by atoms with Crippen molar-refractivity contribution in [3.63, 3.8) is 0 Å². The number of benzene rings is 2. The summed E-state index contributed by atoms with van der Waals surface area (Å²) in [4.78, 5) is 30.4. The number of pyridine rings is 1. The molecular weight excluding hydrogens is 330 g/mol. The molecule has 0 radical (unpaired) electrons. The first-order chi connectivity index (χ1) is 12.7. The third-order valence-corrected chi connectivity index (χ3v) is 4.32. The van der Waals surface area contributed by atoms with Gasteiger partial charge >= 0.3 is 0 Å². The third kappa shape index (κ3) is 2.87. The molecular formula is C20H17N3O3. The van der Waals surface area contributed by atoms with Crippen molar-refractivity contribution in [3.05, 3.63) is 76.2 Å². The number of H-pyrrole nitrogens is 2. The van der Waals surface area contributed by atoms with E-state index in [0.717, 1.165) is 21.9 Å². The molecule has 2 aromatic heterocycles. The van der Waals surface area contributed by atoms with Crippen LogP contribution in [0.3, 0.4) is 0 Å². The molecule has 26 heavy (non-hydrogen) atoms. The first-order valence-electron chi connectivity index (χ1n) is 8.18. The van der Waals surface area contributed by atoms with Gasteiger partial charge in [-0.1, -0.05) is 24.3 Å². The molecule has 0 aliphatic heterocycles. The number of rotatable bonds is 4. The number of aromatic amines is 2. The highest BCUT2D eigenvalue weighted by atomic mass is 16.5. The highest BCUT2D eigenvalue weighted by Gasteiger charge is 2.12. The number of hydrogen-bond acceptors (Lipinski definition) is 3. The zero-order valence-corrected chi connectivity index (χ0v) is 14.1. The number of carbonyl (C=O) groups excluding carboxylic acids is 1. The zero-order chi connectivity index (χ0) is 18.1. The Balaban J connectivity index is 1.69. The summed E-state index contributed by atoms with van der Waals surface area (Å²) in [7, 11) is 1.59. The average Bonchev–Trinajstić information content (AvgIpc) is 3.06. The van der Waals surface area contributed by atoms with Crippen LogP contribution in [0.4, 0.5) is 5.69 Å². The number of anilines is 1. The second-order valence-corrected chi connectivity index (χ2v) is 6.05. The van der Waals surface area contributed by atoms with Crippen molar-refractivity contribution < 1.29 is 9.53 Å². The lowest BCUT2D eigenvalue weighted by atomic mass is 10.1. The van der Waals surface area contributed by atoms with E-state index in [1.807, 2.05) is 36.4 Å². The van der Waals surface area contributed by atoms with Crippen LogP contribution in [0.5, 0.6) is 0 Å².